The van der Waals surface area contributed by atoms with Crippen LogP contribution in [0, 0.1) is 6.92 Å². The van der Waals surface area contributed by atoms with Gasteiger partial charge in [0, 0.05) is 28.9 Å². The van der Waals surface area contributed by atoms with Crippen molar-refractivity contribution in [1.82, 2.24) is 15.0 Å². The molecule has 4 rings (SSSR count). The molecule has 0 spiro atoms. The lowest BCUT2D eigenvalue weighted by Gasteiger charge is -2.11. The number of carbonyl (C=O) groups is 2. The summed E-state index contributed by atoms with van der Waals surface area (Å²) in [5.41, 5.74) is 7.22. The molecule has 0 atom stereocenters. The van der Waals surface area contributed by atoms with E-state index in [-0.39, 0.29) is 17.5 Å². The summed E-state index contributed by atoms with van der Waals surface area (Å²) in [5.74, 6) is 0.326. The number of benzene rings is 2. The molecule has 0 saturated heterocycles. The molecule has 148 valence electrons. The van der Waals surface area contributed by atoms with Crippen LogP contribution in [0.4, 0.5) is 5.95 Å². The molecule has 2 heterocycles. The Labute approximate surface area is 171 Å². The van der Waals surface area contributed by atoms with Crippen LogP contribution in [0.15, 0.2) is 67.0 Å². The summed E-state index contributed by atoms with van der Waals surface area (Å²) in [6.07, 6.45) is 3.07. The average molecular weight is 399 g/mol. The molecule has 0 aliphatic carbocycles. The van der Waals surface area contributed by atoms with Gasteiger partial charge in [-0.25, -0.2) is 9.97 Å². The van der Waals surface area contributed by atoms with Gasteiger partial charge in [0.05, 0.1) is 5.52 Å². The van der Waals surface area contributed by atoms with Gasteiger partial charge in [0.1, 0.15) is 17.2 Å². The van der Waals surface area contributed by atoms with Crippen LogP contribution < -0.4 is 15.8 Å². The van der Waals surface area contributed by atoms with E-state index in [2.05, 4.69) is 20.3 Å². The molecular weight excluding hydrogens is 382 g/mol. The van der Waals surface area contributed by atoms with E-state index in [1.165, 1.54) is 6.20 Å². The van der Waals surface area contributed by atoms with Gasteiger partial charge in [-0.2, -0.15) is 0 Å². The Kier molecular flexibility index (Phi) is 5.04. The van der Waals surface area contributed by atoms with Gasteiger partial charge in [-0.1, -0.05) is 18.2 Å². The highest BCUT2D eigenvalue weighted by Gasteiger charge is 2.13. The van der Waals surface area contributed by atoms with Crippen LogP contribution in [-0.4, -0.2) is 26.8 Å². The number of nitrogens with two attached hydrogens (primary N) is 1. The second-order valence-electron chi connectivity index (χ2n) is 6.48. The van der Waals surface area contributed by atoms with Crippen molar-refractivity contribution in [2.24, 2.45) is 5.73 Å². The second-order valence-corrected chi connectivity index (χ2v) is 6.48. The lowest BCUT2D eigenvalue weighted by molar-refractivity contribution is 0.0992. The van der Waals surface area contributed by atoms with E-state index in [1.54, 1.807) is 61.7 Å². The minimum atomic E-state index is -0.616. The van der Waals surface area contributed by atoms with Crippen molar-refractivity contribution in [3.8, 4) is 11.5 Å². The molecule has 3 N–H and O–H groups in total. The first-order valence-corrected chi connectivity index (χ1v) is 9.08. The van der Waals surface area contributed by atoms with Crippen molar-refractivity contribution in [2.75, 3.05) is 5.32 Å². The Hall–Kier alpha value is -4.33. The molecule has 2 aromatic heterocycles. The van der Waals surface area contributed by atoms with Gasteiger partial charge in [-0.3, -0.25) is 19.9 Å². The molecule has 8 heteroatoms. The third-order valence-electron chi connectivity index (χ3n) is 4.43. The maximum atomic E-state index is 12.3. The highest BCUT2D eigenvalue weighted by Crippen LogP contribution is 2.28. The Morgan fingerprint density at radius 3 is 2.60 bits per heavy atom. The lowest BCUT2D eigenvalue weighted by Crippen LogP contribution is -2.15. The molecule has 0 radical (unpaired) electrons. The summed E-state index contributed by atoms with van der Waals surface area (Å²) in [6, 6.07) is 15.8. The summed E-state index contributed by atoms with van der Waals surface area (Å²) in [4.78, 5) is 36.3. The van der Waals surface area contributed by atoms with E-state index in [4.69, 9.17) is 10.5 Å². The molecule has 8 nitrogen and oxygen atoms in total. The SMILES string of the molecule is Cc1c(Oc2ccc3nc(NC(=O)c4ccccc4)ncc3c2)ccnc1C(N)=O. The number of nitrogens with zero attached hydrogens (tertiary/aromatic N) is 3. The van der Waals surface area contributed by atoms with Gasteiger partial charge in [-0.15, -0.1) is 0 Å². The van der Waals surface area contributed by atoms with Gasteiger partial charge >= 0.3 is 0 Å². The molecule has 2 amide bonds. The zero-order valence-corrected chi connectivity index (χ0v) is 16.0. The summed E-state index contributed by atoms with van der Waals surface area (Å²) in [6.45, 7) is 1.72. The Morgan fingerprint density at radius 1 is 1.03 bits per heavy atom. The Balaban J connectivity index is 1.56. The first-order valence-electron chi connectivity index (χ1n) is 9.08. The molecule has 2 aromatic carbocycles. The van der Waals surface area contributed by atoms with Crippen molar-refractivity contribution in [1.29, 1.82) is 0 Å². The molecule has 4 aromatic rings. The standard InChI is InChI=1S/C22H17N5O3/c1-13-18(9-10-24-19(13)20(23)28)30-16-7-8-17-15(11-16)12-25-22(26-17)27-21(29)14-5-3-2-4-6-14/h2-12H,1H3,(H2,23,28)(H,25,26,27,29). The number of pyridine rings is 1. The number of carbonyl (C=O) groups excluding carboxylic acids is 2. The summed E-state index contributed by atoms with van der Waals surface area (Å²) >= 11 is 0. The topological polar surface area (TPSA) is 120 Å². The molecule has 0 saturated carbocycles. The van der Waals surface area contributed by atoms with E-state index < -0.39 is 5.91 Å². The van der Waals surface area contributed by atoms with Crippen molar-refractivity contribution >= 4 is 28.7 Å². The molecule has 0 aliphatic heterocycles. The quantitative estimate of drug-likeness (QED) is 0.530. The maximum absolute atomic E-state index is 12.3. The number of anilines is 1. The number of primary amides is 1. The monoisotopic (exact) mass is 399 g/mol. The highest BCUT2D eigenvalue weighted by atomic mass is 16.5. The zero-order valence-electron chi connectivity index (χ0n) is 16.0. The van der Waals surface area contributed by atoms with Gasteiger partial charge < -0.3 is 10.5 Å². The van der Waals surface area contributed by atoms with Crippen molar-refractivity contribution in [3.63, 3.8) is 0 Å². The molecule has 0 aliphatic rings. The van der Waals surface area contributed by atoms with E-state index in [0.717, 1.165) is 5.39 Å². The van der Waals surface area contributed by atoms with Gasteiger partial charge in [0.2, 0.25) is 5.95 Å². The summed E-state index contributed by atoms with van der Waals surface area (Å²) in [7, 11) is 0. The predicted molar refractivity (Wildman–Crippen MR) is 111 cm³/mol. The van der Waals surface area contributed by atoms with Crippen LogP contribution in [0.5, 0.6) is 11.5 Å². The van der Waals surface area contributed by atoms with E-state index >= 15 is 0 Å². The average Bonchev–Trinajstić information content (AvgIpc) is 2.75. The first-order chi connectivity index (χ1) is 14.5. The summed E-state index contributed by atoms with van der Waals surface area (Å²) < 4.78 is 5.89. The minimum absolute atomic E-state index is 0.162. The lowest BCUT2D eigenvalue weighted by atomic mass is 10.2. The number of fused-ring (bicyclic) bond motifs is 1. The number of aromatic nitrogens is 3. The fourth-order valence-electron chi connectivity index (χ4n) is 2.90. The van der Waals surface area contributed by atoms with Crippen molar-refractivity contribution in [2.45, 2.75) is 6.92 Å². The van der Waals surface area contributed by atoms with Crippen LogP contribution in [0.3, 0.4) is 0 Å². The first kappa shape index (κ1) is 19.0. The van der Waals surface area contributed by atoms with E-state index in [0.29, 0.717) is 28.1 Å². The number of ether oxygens (including phenoxy) is 1. The van der Waals surface area contributed by atoms with Gasteiger partial charge in [-0.05, 0) is 43.3 Å². The largest absolute Gasteiger partial charge is 0.457 e. The van der Waals surface area contributed by atoms with Crippen LogP contribution in [0.25, 0.3) is 10.9 Å². The smallest absolute Gasteiger partial charge is 0.267 e. The molecule has 0 bridgehead atoms. The predicted octanol–water partition coefficient (Wildman–Crippen LogP) is 3.48. The van der Waals surface area contributed by atoms with Crippen LogP contribution in [0.1, 0.15) is 26.4 Å². The number of nitrogens with one attached hydrogen (secondary N) is 1. The van der Waals surface area contributed by atoms with E-state index in [1.807, 2.05) is 6.07 Å². The molecule has 0 unspecified atom stereocenters. The fourth-order valence-corrected chi connectivity index (χ4v) is 2.90. The molecule has 30 heavy (non-hydrogen) atoms. The van der Waals surface area contributed by atoms with Crippen molar-refractivity contribution in [3.05, 3.63) is 83.8 Å². The molecule has 0 fully saturated rings. The Morgan fingerprint density at radius 2 is 1.83 bits per heavy atom. The third-order valence-corrected chi connectivity index (χ3v) is 4.43. The zero-order chi connectivity index (χ0) is 21.1. The molecular formula is C22H17N5O3. The van der Waals surface area contributed by atoms with Crippen LogP contribution in [0.2, 0.25) is 0 Å². The third kappa shape index (κ3) is 3.93. The van der Waals surface area contributed by atoms with Gasteiger partial charge in [0.25, 0.3) is 11.8 Å². The maximum Gasteiger partial charge on any atom is 0.267 e. The van der Waals surface area contributed by atoms with Crippen LogP contribution >= 0.6 is 0 Å². The fraction of sp³-hybridized carbons (Fsp3) is 0.0455. The number of hydrogen-bond donors (Lipinski definition) is 2. The van der Waals surface area contributed by atoms with E-state index in [9.17, 15) is 9.59 Å². The summed E-state index contributed by atoms with van der Waals surface area (Å²) in [5, 5.41) is 3.41. The minimum Gasteiger partial charge on any atom is -0.457 e. The highest BCUT2D eigenvalue weighted by molar-refractivity contribution is 6.03. The normalized spacial score (nSPS) is 10.6. The van der Waals surface area contributed by atoms with Crippen molar-refractivity contribution < 1.29 is 14.3 Å². The number of hydrogen-bond acceptors (Lipinski definition) is 6. The van der Waals surface area contributed by atoms with Gasteiger partial charge in [0.15, 0.2) is 0 Å². The number of amides is 2. The van der Waals surface area contributed by atoms with Crippen LogP contribution in [-0.2, 0) is 0 Å². The second kappa shape index (κ2) is 7.96. The Bertz CT molecular complexity index is 1260. The number of rotatable bonds is 5.